The van der Waals surface area contributed by atoms with E-state index in [2.05, 4.69) is 16.9 Å². The van der Waals surface area contributed by atoms with Crippen molar-refractivity contribution in [2.45, 2.75) is 31.3 Å². The Labute approximate surface area is 124 Å². The highest BCUT2D eigenvalue weighted by Gasteiger charge is 2.42. The van der Waals surface area contributed by atoms with Gasteiger partial charge in [-0.05, 0) is 38.5 Å². The SMILES string of the molecule is C=C(CNC(C)(C)C)CN1C(=O)c2cccnc2S1(=O)=O. The highest BCUT2D eigenvalue weighted by atomic mass is 32.2. The molecule has 0 fully saturated rings. The fraction of sp³-hybridized carbons (Fsp3) is 0.429. The first-order chi connectivity index (χ1) is 9.63. The topological polar surface area (TPSA) is 79.4 Å². The van der Waals surface area contributed by atoms with Gasteiger partial charge in [-0.2, -0.15) is 8.42 Å². The standard InChI is InChI=1S/C14H19N3O3S/c1-10(8-16-14(2,3)4)9-17-13(18)11-6-5-7-15-12(11)21(17,19)20/h5-7,16H,1,8-9H2,2-4H3. The number of nitrogens with one attached hydrogen (secondary N) is 1. The van der Waals surface area contributed by atoms with Crippen LogP contribution in [0.1, 0.15) is 31.1 Å². The molecule has 0 bridgehead atoms. The van der Waals surface area contributed by atoms with Crippen LogP contribution in [0.25, 0.3) is 0 Å². The Bertz CT molecular complexity index is 690. The third-order valence-corrected chi connectivity index (χ3v) is 4.69. The van der Waals surface area contributed by atoms with Crippen molar-refractivity contribution in [2.75, 3.05) is 13.1 Å². The maximum Gasteiger partial charge on any atom is 0.285 e. The first-order valence-corrected chi connectivity index (χ1v) is 8.01. The molecule has 1 amide bonds. The fourth-order valence-corrected chi connectivity index (χ4v) is 3.42. The number of carbonyl (C=O) groups is 1. The summed E-state index contributed by atoms with van der Waals surface area (Å²) in [6, 6.07) is 3.02. The molecule has 0 saturated heterocycles. The Kier molecular flexibility index (Phi) is 3.90. The summed E-state index contributed by atoms with van der Waals surface area (Å²) < 4.78 is 25.5. The molecule has 0 saturated carbocycles. The number of pyridine rings is 1. The van der Waals surface area contributed by atoms with E-state index in [9.17, 15) is 13.2 Å². The highest BCUT2D eigenvalue weighted by Crippen LogP contribution is 2.28. The number of sulfonamides is 1. The van der Waals surface area contributed by atoms with Crippen molar-refractivity contribution in [3.8, 4) is 0 Å². The van der Waals surface area contributed by atoms with Crippen LogP contribution < -0.4 is 5.32 Å². The van der Waals surface area contributed by atoms with Crippen LogP contribution in [0.2, 0.25) is 0 Å². The van der Waals surface area contributed by atoms with Crippen molar-refractivity contribution < 1.29 is 13.2 Å². The van der Waals surface area contributed by atoms with Gasteiger partial charge in [0, 0.05) is 18.3 Å². The lowest BCUT2D eigenvalue weighted by Crippen LogP contribution is -2.39. The van der Waals surface area contributed by atoms with Crippen LogP contribution >= 0.6 is 0 Å². The second-order valence-corrected chi connectivity index (χ2v) is 7.80. The van der Waals surface area contributed by atoms with Gasteiger partial charge in [0.2, 0.25) is 0 Å². The van der Waals surface area contributed by atoms with Gasteiger partial charge in [-0.15, -0.1) is 0 Å². The molecule has 2 heterocycles. The van der Waals surface area contributed by atoms with E-state index in [-0.39, 0.29) is 22.7 Å². The molecule has 0 aromatic carbocycles. The smallest absolute Gasteiger partial charge is 0.285 e. The highest BCUT2D eigenvalue weighted by molar-refractivity contribution is 7.90. The summed E-state index contributed by atoms with van der Waals surface area (Å²) in [5.41, 5.74) is 0.630. The average molecular weight is 309 g/mol. The third-order valence-electron chi connectivity index (χ3n) is 3.00. The molecule has 0 unspecified atom stereocenters. The van der Waals surface area contributed by atoms with Crippen molar-refractivity contribution in [1.29, 1.82) is 0 Å². The Balaban J connectivity index is 2.16. The Morgan fingerprint density at radius 3 is 2.67 bits per heavy atom. The molecular formula is C14H19N3O3S. The second kappa shape index (κ2) is 5.23. The van der Waals surface area contributed by atoms with Gasteiger partial charge in [0.1, 0.15) is 0 Å². The van der Waals surface area contributed by atoms with E-state index < -0.39 is 15.9 Å². The molecule has 2 rings (SSSR count). The second-order valence-electron chi connectivity index (χ2n) is 6.03. The van der Waals surface area contributed by atoms with Crippen LogP contribution in [-0.4, -0.2) is 42.2 Å². The largest absolute Gasteiger partial charge is 0.308 e. The average Bonchev–Trinajstić information content (AvgIpc) is 2.58. The zero-order chi connectivity index (χ0) is 15.8. The normalized spacial score (nSPS) is 16.9. The maximum absolute atomic E-state index is 12.3. The Morgan fingerprint density at radius 2 is 2.10 bits per heavy atom. The van der Waals surface area contributed by atoms with Crippen LogP contribution in [0, 0.1) is 0 Å². The predicted octanol–water partition coefficient (Wildman–Crippen LogP) is 1.17. The van der Waals surface area contributed by atoms with Gasteiger partial charge in [0.15, 0.2) is 5.03 Å². The zero-order valence-electron chi connectivity index (χ0n) is 12.4. The predicted molar refractivity (Wildman–Crippen MR) is 79.4 cm³/mol. The number of aromatic nitrogens is 1. The van der Waals surface area contributed by atoms with Crippen LogP contribution in [0.15, 0.2) is 35.5 Å². The van der Waals surface area contributed by atoms with E-state index in [1.165, 1.54) is 12.3 Å². The lowest BCUT2D eigenvalue weighted by Gasteiger charge is -2.23. The number of hydrogen-bond acceptors (Lipinski definition) is 5. The number of rotatable bonds is 4. The van der Waals surface area contributed by atoms with Crippen molar-refractivity contribution in [3.63, 3.8) is 0 Å². The number of hydrogen-bond donors (Lipinski definition) is 1. The van der Waals surface area contributed by atoms with Gasteiger partial charge < -0.3 is 5.32 Å². The molecule has 0 aliphatic carbocycles. The molecule has 21 heavy (non-hydrogen) atoms. The molecule has 1 aliphatic heterocycles. The monoisotopic (exact) mass is 309 g/mol. The number of carbonyl (C=O) groups excluding carboxylic acids is 1. The van der Waals surface area contributed by atoms with Crippen molar-refractivity contribution >= 4 is 15.9 Å². The molecule has 0 atom stereocenters. The molecule has 0 radical (unpaired) electrons. The summed E-state index contributed by atoms with van der Waals surface area (Å²) in [7, 11) is -3.86. The Morgan fingerprint density at radius 1 is 1.43 bits per heavy atom. The van der Waals surface area contributed by atoms with E-state index >= 15 is 0 Å². The minimum absolute atomic E-state index is 0.0411. The molecular weight excluding hydrogens is 290 g/mol. The molecule has 1 N–H and O–H groups in total. The van der Waals surface area contributed by atoms with Gasteiger partial charge in [-0.1, -0.05) is 6.58 Å². The number of fused-ring (bicyclic) bond motifs is 1. The van der Waals surface area contributed by atoms with Gasteiger partial charge in [0.25, 0.3) is 15.9 Å². The number of amides is 1. The lowest BCUT2D eigenvalue weighted by molar-refractivity contribution is 0.0878. The van der Waals surface area contributed by atoms with E-state index in [4.69, 9.17) is 0 Å². The van der Waals surface area contributed by atoms with Crippen molar-refractivity contribution in [2.24, 2.45) is 0 Å². The summed E-state index contributed by atoms with van der Waals surface area (Å²) in [6.07, 6.45) is 1.36. The van der Waals surface area contributed by atoms with Gasteiger partial charge >= 0.3 is 0 Å². The van der Waals surface area contributed by atoms with E-state index in [1.807, 2.05) is 20.8 Å². The molecule has 7 heteroatoms. The van der Waals surface area contributed by atoms with Gasteiger partial charge in [-0.3, -0.25) is 4.79 Å². The van der Waals surface area contributed by atoms with Gasteiger partial charge in [-0.25, -0.2) is 9.29 Å². The number of nitrogens with zero attached hydrogens (tertiary/aromatic N) is 2. The summed E-state index contributed by atoms with van der Waals surface area (Å²) in [6.45, 7) is 10.2. The summed E-state index contributed by atoms with van der Waals surface area (Å²) >= 11 is 0. The van der Waals surface area contributed by atoms with E-state index in [1.54, 1.807) is 6.07 Å². The maximum atomic E-state index is 12.3. The summed E-state index contributed by atoms with van der Waals surface area (Å²) in [5, 5.41) is 3.04. The minimum Gasteiger partial charge on any atom is -0.308 e. The molecule has 1 aliphatic rings. The minimum atomic E-state index is -3.86. The molecule has 6 nitrogen and oxygen atoms in total. The van der Waals surface area contributed by atoms with E-state index in [0.29, 0.717) is 12.1 Å². The summed E-state index contributed by atoms with van der Waals surface area (Å²) in [4.78, 5) is 16.0. The van der Waals surface area contributed by atoms with Crippen LogP contribution in [-0.2, 0) is 10.0 Å². The fourth-order valence-electron chi connectivity index (χ4n) is 1.91. The first kappa shape index (κ1) is 15.7. The first-order valence-electron chi connectivity index (χ1n) is 6.57. The molecule has 114 valence electrons. The molecule has 1 aromatic heterocycles. The van der Waals surface area contributed by atoms with Crippen LogP contribution in [0.4, 0.5) is 0 Å². The lowest BCUT2D eigenvalue weighted by atomic mass is 10.1. The van der Waals surface area contributed by atoms with Crippen molar-refractivity contribution in [3.05, 3.63) is 36.0 Å². The van der Waals surface area contributed by atoms with E-state index in [0.717, 1.165) is 4.31 Å². The third kappa shape index (κ3) is 3.14. The summed E-state index contributed by atoms with van der Waals surface area (Å²) in [5.74, 6) is -0.546. The van der Waals surface area contributed by atoms with Crippen LogP contribution in [0.5, 0.6) is 0 Å². The molecule has 1 aromatic rings. The molecule has 0 spiro atoms. The quantitative estimate of drug-likeness (QED) is 0.845. The van der Waals surface area contributed by atoms with Crippen LogP contribution in [0.3, 0.4) is 0 Å². The van der Waals surface area contributed by atoms with Crippen molar-refractivity contribution in [1.82, 2.24) is 14.6 Å². The van der Waals surface area contributed by atoms with Gasteiger partial charge in [0.05, 0.1) is 12.1 Å². The Hall–Kier alpha value is -1.73. The zero-order valence-corrected chi connectivity index (χ0v) is 13.2.